The van der Waals surface area contributed by atoms with E-state index in [1.54, 1.807) is 12.1 Å². The highest BCUT2D eigenvalue weighted by molar-refractivity contribution is 5.27. The van der Waals surface area contributed by atoms with Gasteiger partial charge in [0.1, 0.15) is 5.82 Å². The smallest absolute Gasteiger partial charge is 0.123 e. The van der Waals surface area contributed by atoms with E-state index in [-0.39, 0.29) is 16.8 Å². The Morgan fingerprint density at radius 3 is 2.25 bits per heavy atom. The predicted molar refractivity (Wildman–Crippen MR) is 85.5 cm³/mol. The monoisotopic (exact) mass is 279 g/mol. The summed E-state index contributed by atoms with van der Waals surface area (Å²) >= 11 is 0. The highest BCUT2D eigenvalue weighted by atomic mass is 19.1. The van der Waals surface area contributed by atoms with Crippen molar-refractivity contribution in [3.05, 3.63) is 35.1 Å². The molecular formula is C18H30FN. The largest absolute Gasteiger partial charge is 0.312 e. The molecule has 114 valence electrons. The van der Waals surface area contributed by atoms with Gasteiger partial charge in [0.15, 0.2) is 0 Å². The van der Waals surface area contributed by atoms with Crippen LogP contribution in [0, 0.1) is 24.1 Å². The first kappa shape index (κ1) is 17.2. The van der Waals surface area contributed by atoms with E-state index in [1.807, 2.05) is 6.07 Å². The van der Waals surface area contributed by atoms with Gasteiger partial charge in [-0.05, 0) is 68.7 Å². The minimum Gasteiger partial charge on any atom is -0.312 e. The Morgan fingerprint density at radius 1 is 1.15 bits per heavy atom. The van der Waals surface area contributed by atoms with Crippen LogP contribution in [-0.4, -0.2) is 12.1 Å². The molecule has 2 heteroatoms. The number of hydrogen-bond acceptors (Lipinski definition) is 1. The molecule has 1 atom stereocenters. The summed E-state index contributed by atoms with van der Waals surface area (Å²) in [5.41, 5.74) is 2.52. The number of aryl methyl sites for hydroxylation is 1. The van der Waals surface area contributed by atoms with Gasteiger partial charge < -0.3 is 5.32 Å². The average Bonchev–Trinajstić information content (AvgIpc) is 2.30. The number of nitrogens with one attached hydrogen (secondary N) is 1. The van der Waals surface area contributed by atoms with Crippen LogP contribution in [0.15, 0.2) is 18.2 Å². The summed E-state index contributed by atoms with van der Waals surface area (Å²) in [6.45, 7) is 16.3. The Bertz CT molecular complexity index is 445. The predicted octanol–water partition coefficient (Wildman–Crippen LogP) is 4.73. The van der Waals surface area contributed by atoms with Crippen LogP contribution >= 0.6 is 0 Å². The first-order valence-electron chi connectivity index (χ1n) is 7.53. The molecule has 0 fully saturated rings. The zero-order chi connectivity index (χ0) is 15.6. The summed E-state index contributed by atoms with van der Waals surface area (Å²) in [4.78, 5) is 0. The molecular weight excluding hydrogens is 249 g/mol. The molecule has 1 nitrogen and oxygen atoms in total. The number of halogens is 1. The Morgan fingerprint density at radius 2 is 1.75 bits per heavy atom. The van der Waals surface area contributed by atoms with E-state index in [4.69, 9.17) is 0 Å². The third-order valence-electron chi connectivity index (χ3n) is 4.32. The van der Waals surface area contributed by atoms with Crippen molar-refractivity contribution in [1.82, 2.24) is 5.32 Å². The van der Waals surface area contributed by atoms with Gasteiger partial charge in [-0.1, -0.05) is 26.8 Å². The fourth-order valence-corrected chi connectivity index (χ4v) is 2.20. The summed E-state index contributed by atoms with van der Waals surface area (Å²) in [6, 6.07) is 5.11. The van der Waals surface area contributed by atoms with Crippen molar-refractivity contribution >= 4 is 0 Å². The maximum Gasteiger partial charge on any atom is 0.123 e. The molecule has 0 aromatic heterocycles. The lowest BCUT2D eigenvalue weighted by Crippen LogP contribution is -2.45. The highest BCUT2D eigenvalue weighted by Gasteiger charge is 2.30. The summed E-state index contributed by atoms with van der Waals surface area (Å²) in [5, 5.41) is 3.60. The van der Waals surface area contributed by atoms with Crippen molar-refractivity contribution in [3.63, 3.8) is 0 Å². The van der Waals surface area contributed by atoms with Gasteiger partial charge in [-0.15, -0.1) is 0 Å². The zero-order valence-electron chi connectivity index (χ0n) is 14.1. The lowest BCUT2D eigenvalue weighted by Gasteiger charge is -2.37. The number of benzene rings is 1. The van der Waals surface area contributed by atoms with E-state index in [0.29, 0.717) is 5.92 Å². The number of hydrogen-bond donors (Lipinski definition) is 1. The van der Waals surface area contributed by atoms with Crippen LogP contribution in [0.5, 0.6) is 0 Å². The van der Waals surface area contributed by atoms with Gasteiger partial charge in [-0.3, -0.25) is 0 Å². The molecule has 1 aromatic rings. The summed E-state index contributed by atoms with van der Waals surface area (Å²) in [6.07, 6.45) is 0.900. The lowest BCUT2D eigenvalue weighted by molar-refractivity contribution is 0.187. The van der Waals surface area contributed by atoms with E-state index >= 15 is 0 Å². The van der Waals surface area contributed by atoms with Crippen LogP contribution < -0.4 is 5.32 Å². The molecule has 1 aromatic carbocycles. The van der Waals surface area contributed by atoms with Gasteiger partial charge in [0, 0.05) is 12.1 Å². The maximum atomic E-state index is 13.5. The standard InChI is InChI=1S/C18H30FN/c1-13(2)18(7,12-20-17(4,5)6)11-15-10-16(19)9-8-14(15)3/h8-10,13,20H,11-12H2,1-7H3. The lowest BCUT2D eigenvalue weighted by atomic mass is 9.73. The van der Waals surface area contributed by atoms with Crippen molar-refractivity contribution in [2.45, 2.75) is 60.4 Å². The third-order valence-corrected chi connectivity index (χ3v) is 4.32. The van der Waals surface area contributed by atoms with Gasteiger partial charge in [-0.2, -0.15) is 0 Å². The first-order valence-corrected chi connectivity index (χ1v) is 7.53. The molecule has 0 radical (unpaired) electrons. The van der Waals surface area contributed by atoms with Crippen molar-refractivity contribution in [3.8, 4) is 0 Å². The second-order valence-corrected chi connectivity index (χ2v) is 7.66. The summed E-state index contributed by atoms with van der Waals surface area (Å²) in [7, 11) is 0. The minimum atomic E-state index is -0.138. The Hall–Kier alpha value is -0.890. The molecule has 0 spiro atoms. The Labute approximate surface area is 124 Å². The number of rotatable bonds is 5. The normalized spacial score (nSPS) is 15.4. The van der Waals surface area contributed by atoms with E-state index in [1.165, 1.54) is 5.56 Å². The summed E-state index contributed by atoms with van der Waals surface area (Å²) in [5.74, 6) is 0.389. The molecule has 1 rings (SSSR count). The molecule has 1 unspecified atom stereocenters. The van der Waals surface area contributed by atoms with Gasteiger partial charge >= 0.3 is 0 Å². The molecule has 0 aliphatic rings. The van der Waals surface area contributed by atoms with Crippen molar-refractivity contribution < 1.29 is 4.39 Å². The Kier molecular flexibility index (Phi) is 5.37. The molecule has 0 amide bonds. The van der Waals surface area contributed by atoms with Crippen molar-refractivity contribution in [2.24, 2.45) is 11.3 Å². The molecule has 1 N–H and O–H groups in total. The molecule has 0 aliphatic heterocycles. The van der Waals surface area contributed by atoms with Crippen LogP contribution in [0.3, 0.4) is 0 Å². The van der Waals surface area contributed by atoms with Crippen LogP contribution in [0.2, 0.25) is 0 Å². The molecule has 0 bridgehead atoms. The van der Waals surface area contributed by atoms with Gasteiger partial charge in [-0.25, -0.2) is 4.39 Å². The second kappa shape index (κ2) is 6.26. The van der Waals surface area contributed by atoms with Crippen LogP contribution in [-0.2, 0) is 6.42 Å². The topological polar surface area (TPSA) is 12.0 Å². The summed E-state index contributed by atoms with van der Waals surface area (Å²) < 4.78 is 13.5. The quantitative estimate of drug-likeness (QED) is 0.822. The molecule has 0 saturated carbocycles. The molecule has 0 aliphatic carbocycles. The minimum absolute atomic E-state index is 0.104. The van der Waals surface area contributed by atoms with Gasteiger partial charge in [0.25, 0.3) is 0 Å². The van der Waals surface area contributed by atoms with Crippen molar-refractivity contribution in [2.75, 3.05) is 6.54 Å². The fourth-order valence-electron chi connectivity index (χ4n) is 2.20. The van der Waals surface area contributed by atoms with Crippen LogP contribution in [0.4, 0.5) is 4.39 Å². The first-order chi connectivity index (χ1) is 9.03. The Balaban J connectivity index is 2.93. The van der Waals surface area contributed by atoms with Crippen LogP contribution in [0.25, 0.3) is 0 Å². The van der Waals surface area contributed by atoms with E-state index < -0.39 is 0 Å². The maximum absolute atomic E-state index is 13.5. The fraction of sp³-hybridized carbons (Fsp3) is 0.667. The zero-order valence-corrected chi connectivity index (χ0v) is 14.1. The van der Waals surface area contributed by atoms with Crippen LogP contribution in [0.1, 0.15) is 52.7 Å². The van der Waals surface area contributed by atoms with E-state index in [9.17, 15) is 4.39 Å². The molecule has 20 heavy (non-hydrogen) atoms. The third kappa shape index (κ3) is 4.90. The van der Waals surface area contributed by atoms with Gasteiger partial charge in [0.05, 0.1) is 0 Å². The van der Waals surface area contributed by atoms with Crippen molar-refractivity contribution in [1.29, 1.82) is 0 Å². The SMILES string of the molecule is Cc1ccc(F)cc1CC(C)(CNC(C)(C)C)C(C)C. The molecule has 0 saturated heterocycles. The van der Waals surface area contributed by atoms with E-state index in [2.05, 4.69) is 53.8 Å². The highest BCUT2D eigenvalue weighted by Crippen LogP contribution is 2.32. The molecule has 0 heterocycles. The van der Waals surface area contributed by atoms with Gasteiger partial charge in [0.2, 0.25) is 0 Å². The van der Waals surface area contributed by atoms with E-state index in [0.717, 1.165) is 18.5 Å². The second-order valence-electron chi connectivity index (χ2n) is 7.66. The average molecular weight is 279 g/mol.